The highest BCUT2D eigenvalue weighted by Gasteiger charge is 2.08. The zero-order valence-corrected chi connectivity index (χ0v) is 12.2. The van der Waals surface area contributed by atoms with Crippen molar-refractivity contribution in [1.82, 2.24) is 14.5 Å². The van der Waals surface area contributed by atoms with E-state index >= 15 is 0 Å². The number of aryl methyl sites for hydroxylation is 1. The largest absolute Gasteiger partial charge is 0.322 e. The maximum absolute atomic E-state index is 12.3. The van der Waals surface area contributed by atoms with Crippen LogP contribution < -0.4 is 5.32 Å². The lowest BCUT2D eigenvalue weighted by molar-refractivity contribution is 0.102. The van der Waals surface area contributed by atoms with Crippen molar-refractivity contribution in [2.24, 2.45) is 0 Å². The van der Waals surface area contributed by atoms with Crippen LogP contribution >= 0.6 is 0 Å². The first-order valence-corrected chi connectivity index (χ1v) is 7.11. The van der Waals surface area contributed by atoms with E-state index in [0.29, 0.717) is 11.4 Å². The fraction of sp³-hybridized carbons (Fsp3) is 0.118. The van der Waals surface area contributed by atoms with Crippen LogP contribution in [0.3, 0.4) is 0 Å². The van der Waals surface area contributed by atoms with Crippen molar-refractivity contribution in [1.29, 1.82) is 0 Å². The lowest BCUT2D eigenvalue weighted by Gasteiger charge is -2.07. The number of nitrogens with zero attached hydrogens (tertiary/aromatic N) is 3. The van der Waals surface area contributed by atoms with Crippen molar-refractivity contribution in [3.8, 4) is 5.82 Å². The number of rotatable bonds is 4. The third-order valence-electron chi connectivity index (χ3n) is 3.40. The Morgan fingerprint density at radius 3 is 2.68 bits per heavy atom. The van der Waals surface area contributed by atoms with Crippen molar-refractivity contribution in [3.05, 3.63) is 72.4 Å². The molecule has 0 saturated heterocycles. The van der Waals surface area contributed by atoms with E-state index in [2.05, 4.69) is 22.2 Å². The van der Waals surface area contributed by atoms with Gasteiger partial charge in [0.15, 0.2) is 0 Å². The van der Waals surface area contributed by atoms with Gasteiger partial charge < -0.3 is 5.32 Å². The van der Waals surface area contributed by atoms with Crippen LogP contribution in [0.5, 0.6) is 0 Å². The first kappa shape index (κ1) is 14.0. The molecule has 0 unspecified atom stereocenters. The number of anilines is 1. The van der Waals surface area contributed by atoms with Crippen molar-refractivity contribution < 1.29 is 4.79 Å². The minimum Gasteiger partial charge on any atom is -0.322 e. The molecule has 1 aromatic carbocycles. The minimum atomic E-state index is -0.159. The molecule has 0 bridgehead atoms. The Kier molecular flexibility index (Phi) is 3.96. The van der Waals surface area contributed by atoms with Gasteiger partial charge in [0.2, 0.25) is 0 Å². The van der Waals surface area contributed by atoms with Crippen LogP contribution in [-0.4, -0.2) is 20.4 Å². The number of imidazole rings is 1. The zero-order valence-electron chi connectivity index (χ0n) is 12.2. The maximum atomic E-state index is 12.3. The predicted molar refractivity (Wildman–Crippen MR) is 85.1 cm³/mol. The van der Waals surface area contributed by atoms with Crippen LogP contribution in [0.25, 0.3) is 5.82 Å². The Balaban J connectivity index is 1.78. The van der Waals surface area contributed by atoms with Crippen LogP contribution in [0.15, 0.2) is 61.3 Å². The van der Waals surface area contributed by atoms with Gasteiger partial charge in [0.05, 0.1) is 0 Å². The molecular weight excluding hydrogens is 276 g/mol. The number of pyridine rings is 1. The highest BCUT2D eigenvalue weighted by molar-refractivity contribution is 6.04. The molecule has 22 heavy (non-hydrogen) atoms. The Morgan fingerprint density at radius 2 is 2.00 bits per heavy atom. The molecule has 0 spiro atoms. The van der Waals surface area contributed by atoms with Crippen LogP contribution in [0.2, 0.25) is 0 Å². The SMILES string of the molecule is CCc1ccc(NC(=O)c2ccnc(-n3ccnc3)c2)cc1. The normalized spacial score (nSPS) is 10.4. The summed E-state index contributed by atoms with van der Waals surface area (Å²) < 4.78 is 1.76. The summed E-state index contributed by atoms with van der Waals surface area (Å²) in [6.07, 6.45) is 7.70. The van der Waals surface area contributed by atoms with Crippen LogP contribution in [0.4, 0.5) is 5.69 Å². The Morgan fingerprint density at radius 1 is 1.18 bits per heavy atom. The van der Waals surface area contributed by atoms with E-state index in [0.717, 1.165) is 12.1 Å². The molecule has 0 saturated carbocycles. The zero-order chi connectivity index (χ0) is 15.4. The van der Waals surface area contributed by atoms with E-state index in [4.69, 9.17) is 0 Å². The molecular formula is C17H16N4O. The summed E-state index contributed by atoms with van der Waals surface area (Å²) in [5.74, 6) is 0.500. The summed E-state index contributed by atoms with van der Waals surface area (Å²) in [4.78, 5) is 20.5. The molecule has 5 nitrogen and oxygen atoms in total. The predicted octanol–water partition coefficient (Wildman–Crippen LogP) is 3.08. The molecule has 2 heterocycles. The lowest BCUT2D eigenvalue weighted by Crippen LogP contribution is -2.12. The standard InChI is InChI=1S/C17H16N4O/c1-2-13-3-5-15(6-4-13)20-17(22)14-7-8-19-16(11-14)21-10-9-18-12-21/h3-12H,2H2,1H3,(H,20,22). The molecule has 0 aliphatic rings. The average Bonchev–Trinajstić information content (AvgIpc) is 3.10. The van der Waals surface area contributed by atoms with Gasteiger partial charge in [0, 0.05) is 29.8 Å². The summed E-state index contributed by atoms with van der Waals surface area (Å²) >= 11 is 0. The third kappa shape index (κ3) is 3.03. The van der Waals surface area contributed by atoms with Gasteiger partial charge in [-0.05, 0) is 36.2 Å². The van der Waals surface area contributed by atoms with Crippen LogP contribution in [0, 0.1) is 0 Å². The van der Waals surface area contributed by atoms with Gasteiger partial charge >= 0.3 is 0 Å². The molecule has 0 aliphatic heterocycles. The van der Waals surface area contributed by atoms with Crippen molar-refractivity contribution in [3.63, 3.8) is 0 Å². The number of hydrogen-bond acceptors (Lipinski definition) is 3. The third-order valence-corrected chi connectivity index (χ3v) is 3.40. The molecule has 110 valence electrons. The molecule has 3 aromatic rings. The Bertz CT molecular complexity index is 764. The van der Waals surface area contributed by atoms with Gasteiger partial charge in [-0.15, -0.1) is 0 Å². The second kappa shape index (κ2) is 6.22. The van der Waals surface area contributed by atoms with E-state index in [-0.39, 0.29) is 5.91 Å². The number of carbonyl (C=O) groups excluding carboxylic acids is 1. The van der Waals surface area contributed by atoms with Crippen molar-refractivity contribution in [2.75, 3.05) is 5.32 Å². The summed E-state index contributed by atoms with van der Waals surface area (Å²) in [5.41, 5.74) is 2.57. The number of carbonyl (C=O) groups is 1. The first-order valence-electron chi connectivity index (χ1n) is 7.11. The number of hydrogen-bond donors (Lipinski definition) is 1. The minimum absolute atomic E-state index is 0.159. The summed E-state index contributed by atoms with van der Waals surface area (Å²) in [7, 11) is 0. The van der Waals surface area contributed by atoms with Crippen molar-refractivity contribution >= 4 is 11.6 Å². The second-order valence-electron chi connectivity index (χ2n) is 4.88. The van der Waals surface area contributed by atoms with E-state index in [1.165, 1.54) is 5.56 Å². The van der Waals surface area contributed by atoms with Crippen LogP contribution in [-0.2, 0) is 6.42 Å². The van der Waals surface area contributed by atoms with Gasteiger partial charge in [-0.2, -0.15) is 0 Å². The maximum Gasteiger partial charge on any atom is 0.255 e. The van der Waals surface area contributed by atoms with E-state index in [9.17, 15) is 4.79 Å². The van der Waals surface area contributed by atoms with E-state index < -0.39 is 0 Å². The molecule has 0 atom stereocenters. The Labute approximate surface area is 128 Å². The molecule has 1 amide bonds. The second-order valence-corrected chi connectivity index (χ2v) is 4.88. The van der Waals surface area contributed by atoms with Crippen LogP contribution in [0.1, 0.15) is 22.8 Å². The molecule has 1 N–H and O–H groups in total. The Hall–Kier alpha value is -2.95. The smallest absolute Gasteiger partial charge is 0.255 e. The molecule has 3 rings (SSSR count). The summed E-state index contributed by atoms with van der Waals surface area (Å²) in [5, 5.41) is 2.89. The molecule has 0 aliphatic carbocycles. The fourth-order valence-electron chi connectivity index (χ4n) is 2.12. The fourth-order valence-corrected chi connectivity index (χ4v) is 2.12. The quantitative estimate of drug-likeness (QED) is 0.804. The van der Waals surface area contributed by atoms with Gasteiger partial charge in [-0.1, -0.05) is 19.1 Å². The molecule has 2 aromatic heterocycles. The average molecular weight is 292 g/mol. The number of aromatic nitrogens is 3. The van der Waals surface area contributed by atoms with E-state index in [1.807, 2.05) is 24.3 Å². The molecule has 5 heteroatoms. The number of nitrogens with one attached hydrogen (secondary N) is 1. The van der Waals surface area contributed by atoms with E-state index in [1.54, 1.807) is 41.6 Å². The van der Waals surface area contributed by atoms with Crippen molar-refractivity contribution in [2.45, 2.75) is 13.3 Å². The molecule has 0 radical (unpaired) electrons. The first-order chi connectivity index (χ1) is 10.8. The van der Waals surface area contributed by atoms with Gasteiger partial charge in [0.1, 0.15) is 12.1 Å². The van der Waals surface area contributed by atoms with Gasteiger partial charge in [0.25, 0.3) is 5.91 Å². The summed E-state index contributed by atoms with van der Waals surface area (Å²) in [6, 6.07) is 11.3. The highest BCUT2D eigenvalue weighted by Crippen LogP contribution is 2.13. The van der Waals surface area contributed by atoms with Gasteiger partial charge in [-0.3, -0.25) is 9.36 Å². The highest BCUT2D eigenvalue weighted by atomic mass is 16.1. The number of amides is 1. The monoisotopic (exact) mass is 292 g/mol. The topological polar surface area (TPSA) is 59.8 Å². The van der Waals surface area contributed by atoms with Gasteiger partial charge in [-0.25, -0.2) is 9.97 Å². The molecule has 0 fully saturated rings. The summed E-state index contributed by atoms with van der Waals surface area (Å²) in [6.45, 7) is 2.10. The number of benzene rings is 1. The lowest BCUT2D eigenvalue weighted by atomic mass is 10.1.